The van der Waals surface area contributed by atoms with Crippen LogP contribution in [-0.4, -0.2) is 36.2 Å². The molecule has 1 unspecified atom stereocenters. The number of rotatable bonds is 7. The number of hydrogen-bond donors (Lipinski definition) is 1. The molecule has 0 aromatic carbocycles. The number of halogens is 1. The molecule has 0 saturated carbocycles. The normalized spacial score (nSPS) is 12.9. The Labute approximate surface area is 114 Å². The molecule has 0 aliphatic carbocycles. The summed E-state index contributed by atoms with van der Waals surface area (Å²) in [6.07, 6.45) is 1.07. The molecule has 4 nitrogen and oxygen atoms in total. The summed E-state index contributed by atoms with van der Waals surface area (Å²) in [6.45, 7) is 6.61. The Balaban J connectivity index is 2.77. The summed E-state index contributed by atoms with van der Waals surface area (Å²) in [5.74, 6) is 0.505. The first-order valence-corrected chi connectivity index (χ1v) is 6.60. The van der Waals surface area contributed by atoms with Crippen molar-refractivity contribution in [2.24, 2.45) is 0 Å². The molecular formula is C13H22ClN3O. The van der Waals surface area contributed by atoms with Crippen LogP contribution in [0.2, 0.25) is 5.02 Å². The molecule has 2 N–H and O–H groups in total. The van der Waals surface area contributed by atoms with Crippen LogP contribution in [0.5, 0.6) is 0 Å². The minimum Gasteiger partial charge on any atom is -0.384 e. The van der Waals surface area contributed by atoms with Crippen LogP contribution in [0.15, 0.2) is 12.1 Å². The van der Waals surface area contributed by atoms with E-state index in [1.165, 1.54) is 0 Å². The highest BCUT2D eigenvalue weighted by Crippen LogP contribution is 2.18. The van der Waals surface area contributed by atoms with Crippen LogP contribution in [0.1, 0.15) is 26.0 Å². The van der Waals surface area contributed by atoms with Gasteiger partial charge in [0.1, 0.15) is 5.82 Å². The number of anilines is 1. The Hall–Kier alpha value is -0.840. The monoisotopic (exact) mass is 271 g/mol. The van der Waals surface area contributed by atoms with Crippen molar-refractivity contribution in [2.45, 2.75) is 32.9 Å². The lowest BCUT2D eigenvalue weighted by Gasteiger charge is -2.28. The first kappa shape index (κ1) is 15.2. The molecule has 1 heterocycles. The van der Waals surface area contributed by atoms with Gasteiger partial charge < -0.3 is 10.5 Å². The third-order valence-corrected chi connectivity index (χ3v) is 3.43. The zero-order valence-corrected chi connectivity index (χ0v) is 12.1. The van der Waals surface area contributed by atoms with E-state index in [0.717, 1.165) is 18.7 Å². The van der Waals surface area contributed by atoms with Crippen LogP contribution in [0, 0.1) is 0 Å². The molecule has 0 radical (unpaired) electrons. The summed E-state index contributed by atoms with van der Waals surface area (Å²) in [4.78, 5) is 6.60. The Morgan fingerprint density at radius 1 is 1.50 bits per heavy atom. The molecule has 1 atom stereocenters. The summed E-state index contributed by atoms with van der Waals surface area (Å²) in [7, 11) is 1.71. The number of ether oxygens (including phenoxy) is 1. The van der Waals surface area contributed by atoms with Crippen LogP contribution < -0.4 is 5.73 Å². The fraction of sp³-hybridized carbons (Fsp3) is 0.615. The SMILES string of the molecule is CCC(C)N(CCOC)Cc1nc(N)ccc1Cl. The molecule has 0 saturated heterocycles. The van der Waals surface area contributed by atoms with E-state index in [0.29, 0.717) is 30.0 Å². The largest absolute Gasteiger partial charge is 0.384 e. The minimum absolute atomic E-state index is 0.458. The number of aromatic nitrogens is 1. The lowest BCUT2D eigenvalue weighted by Crippen LogP contribution is -2.35. The Morgan fingerprint density at radius 2 is 2.22 bits per heavy atom. The van der Waals surface area contributed by atoms with Gasteiger partial charge in [-0.05, 0) is 25.5 Å². The lowest BCUT2D eigenvalue weighted by atomic mass is 10.2. The second-order valence-corrected chi connectivity index (χ2v) is 4.79. The fourth-order valence-corrected chi connectivity index (χ4v) is 1.89. The standard InChI is InChI=1S/C13H22ClN3O/c1-4-10(2)17(7-8-18-3)9-12-11(14)5-6-13(15)16-12/h5-6,10H,4,7-9H2,1-3H3,(H2,15,16). The van der Waals surface area contributed by atoms with Gasteiger partial charge in [0.15, 0.2) is 0 Å². The maximum absolute atomic E-state index is 6.15. The van der Waals surface area contributed by atoms with Gasteiger partial charge in [0.05, 0.1) is 17.3 Å². The molecule has 1 aromatic rings. The summed E-state index contributed by atoms with van der Waals surface area (Å²) in [5, 5.41) is 0.662. The molecule has 0 amide bonds. The first-order valence-electron chi connectivity index (χ1n) is 6.22. The van der Waals surface area contributed by atoms with Gasteiger partial charge in [0.2, 0.25) is 0 Å². The molecular weight excluding hydrogens is 250 g/mol. The van der Waals surface area contributed by atoms with E-state index in [4.69, 9.17) is 22.1 Å². The van der Waals surface area contributed by atoms with E-state index in [2.05, 4.69) is 23.7 Å². The summed E-state index contributed by atoms with van der Waals surface area (Å²) >= 11 is 6.15. The average Bonchev–Trinajstić information content (AvgIpc) is 2.37. The van der Waals surface area contributed by atoms with Gasteiger partial charge in [0.25, 0.3) is 0 Å². The Morgan fingerprint density at radius 3 is 2.83 bits per heavy atom. The van der Waals surface area contributed by atoms with Gasteiger partial charge in [-0.3, -0.25) is 4.90 Å². The topological polar surface area (TPSA) is 51.4 Å². The molecule has 1 aromatic heterocycles. The highest BCUT2D eigenvalue weighted by Gasteiger charge is 2.15. The number of nitrogens with zero attached hydrogens (tertiary/aromatic N) is 2. The second kappa shape index (κ2) is 7.56. The van der Waals surface area contributed by atoms with Gasteiger partial charge in [-0.2, -0.15) is 0 Å². The van der Waals surface area contributed by atoms with Crippen molar-refractivity contribution in [3.05, 3.63) is 22.8 Å². The van der Waals surface area contributed by atoms with Crippen molar-refractivity contribution in [1.29, 1.82) is 0 Å². The number of methoxy groups -OCH3 is 1. The fourth-order valence-electron chi connectivity index (χ4n) is 1.73. The van der Waals surface area contributed by atoms with E-state index in [1.807, 2.05) is 0 Å². The molecule has 18 heavy (non-hydrogen) atoms. The maximum atomic E-state index is 6.15. The number of nitrogens with two attached hydrogens (primary N) is 1. The zero-order chi connectivity index (χ0) is 13.5. The van der Waals surface area contributed by atoms with Crippen LogP contribution >= 0.6 is 11.6 Å². The van der Waals surface area contributed by atoms with Gasteiger partial charge in [0, 0.05) is 26.2 Å². The number of hydrogen-bond acceptors (Lipinski definition) is 4. The number of pyridine rings is 1. The Kier molecular flexibility index (Phi) is 6.39. The van der Waals surface area contributed by atoms with E-state index < -0.39 is 0 Å². The minimum atomic E-state index is 0.458. The van der Waals surface area contributed by atoms with Crippen molar-refractivity contribution < 1.29 is 4.74 Å². The lowest BCUT2D eigenvalue weighted by molar-refractivity contribution is 0.117. The first-order chi connectivity index (χ1) is 8.58. The van der Waals surface area contributed by atoms with Crippen molar-refractivity contribution in [2.75, 3.05) is 26.0 Å². The van der Waals surface area contributed by atoms with E-state index in [-0.39, 0.29) is 0 Å². The molecule has 0 spiro atoms. The second-order valence-electron chi connectivity index (χ2n) is 4.39. The maximum Gasteiger partial charge on any atom is 0.123 e. The third kappa shape index (κ3) is 4.44. The molecule has 5 heteroatoms. The van der Waals surface area contributed by atoms with Gasteiger partial charge in [-0.25, -0.2) is 4.98 Å². The summed E-state index contributed by atoms with van der Waals surface area (Å²) in [5.41, 5.74) is 6.53. The average molecular weight is 272 g/mol. The molecule has 102 valence electrons. The molecule has 0 fully saturated rings. The zero-order valence-electron chi connectivity index (χ0n) is 11.3. The predicted molar refractivity (Wildman–Crippen MR) is 75.7 cm³/mol. The van der Waals surface area contributed by atoms with Gasteiger partial charge in [-0.15, -0.1) is 0 Å². The van der Waals surface area contributed by atoms with Crippen molar-refractivity contribution in [3.8, 4) is 0 Å². The van der Waals surface area contributed by atoms with Crippen LogP contribution in [0.25, 0.3) is 0 Å². The van der Waals surface area contributed by atoms with Gasteiger partial charge >= 0.3 is 0 Å². The quantitative estimate of drug-likeness (QED) is 0.828. The Bertz CT molecular complexity index is 373. The van der Waals surface area contributed by atoms with E-state index in [1.54, 1.807) is 19.2 Å². The van der Waals surface area contributed by atoms with Crippen molar-refractivity contribution >= 4 is 17.4 Å². The van der Waals surface area contributed by atoms with Crippen LogP contribution in [0.3, 0.4) is 0 Å². The smallest absolute Gasteiger partial charge is 0.123 e. The molecule has 0 aliphatic rings. The highest BCUT2D eigenvalue weighted by molar-refractivity contribution is 6.31. The van der Waals surface area contributed by atoms with Gasteiger partial charge in [-0.1, -0.05) is 18.5 Å². The number of nitrogen functional groups attached to an aromatic ring is 1. The summed E-state index contributed by atoms with van der Waals surface area (Å²) in [6, 6.07) is 3.97. The van der Waals surface area contributed by atoms with Crippen LogP contribution in [0.4, 0.5) is 5.82 Å². The van der Waals surface area contributed by atoms with Crippen LogP contribution in [-0.2, 0) is 11.3 Å². The van der Waals surface area contributed by atoms with E-state index in [9.17, 15) is 0 Å². The molecule has 1 rings (SSSR count). The molecule has 0 aliphatic heterocycles. The van der Waals surface area contributed by atoms with E-state index >= 15 is 0 Å². The predicted octanol–water partition coefficient (Wildman–Crippen LogP) is 2.56. The van der Waals surface area contributed by atoms with Crippen molar-refractivity contribution in [1.82, 2.24) is 9.88 Å². The molecule has 0 bridgehead atoms. The van der Waals surface area contributed by atoms with Crippen molar-refractivity contribution in [3.63, 3.8) is 0 Å². The summed E-state index contributed by atoms with van der Waals surface area (Å²) < 4.78 is 5.14. The highest BCUT2D eigenvalue weighted by atomic mass is 35.5. The third-order valence-electron chi connectivity index (χ3n) is 3.09.